The van der Waals surface area contributed by atoms with Gasteiger partial charge < -0.3 is 4.98 Å². The highest BCUT2D eigenvalue weighted by molar-refractivity contribution is 6.79. The minimum Gasteiger partial charge on any atom is -0.409 e. The van der Waals surface area contributed by atoms with Gasteiger partial charge in [0.1, 0.15) is 8.24 Å². The summed E-state index contributed by atoms with van der Waals surface area (Å²) in [6.07, 6.45) is 0. The second-order valence-electron chi connectivity index (χ2n) is 5.20. The van der Waals surface area contributed by atoms with Gasteiger partial charge >= 0.3 is 0 Å². The van der Waals surface area contributed by atoms with Crippen molar-refractivity contribution in [2.45, 2.75) is 26.6 Å². The van der Waals surface area contributed by atoms with E-state index in [9.17, 15) is 0 Å². The summed E-state index contributed by atoms with van der Waals surface area (Å²) in [5, 5.41) is 1.20. The number of nitrogens with one attached hydrogen (secondary N) is 1. The van der Waals surface area contributed by atoms with Crippen molar-refractivity contribution in [3.05, 3.63) is 36.0 Å². The normalized spacial score (nSPS) is 11.8. The summed E-state index contributed by atoms with van der Waals surface area (Å²) in [6, 6.07) is 10.5. The van der Waals surface area contributed by atoms with Gasteiger partial charge in [-0.1, -0.05) is 37.8 Å². The zero-order valence-corrected chi connectivity index (χ0v) is 11.3. The van der Waals surface area contributed by atoms with Gasteiger partial charge in [-0.25, -0.2) is 0 Å². The zero-order chi connectivity index (χ0) is 11.8. The van der Waals surface area contributed by atoms with Crippen LogP contribution in [-0.4, -0.2) is 13.2 Å². The Bertz CT molecular complexity index is 515. The van der Waals surface area contributed by atoms with Crippen molar-refractivity contribution in [3.8, 4) is 0 Å². The highest BCUT2D eigenvalue weighted by atomic mass is 28.3. The van der Waals surface area contributed by atoms with Gasteiger partial charge in [0, 0.05) is 11.1 Å². The van der Waals surface area contributed by atoms with Gasteiger partial charge in [0.05, 0.1) is 11.2 Å². The molecule has 0 radical (unpaired) electrons. The lowest BCUT2D eigenvalue weighted by Gasteiger charge is -2.20. The SMILES string of the molecule is Cc1ccc2cccc(N[Si](C)(C)C)c2n1. The first-order valence-electron chi connectivity index (χ1n) is 5.60. The highest BCUT2D eigenvalue weighted by Gasteiger charge is 2.14. The Morgan fingerprint density at radius 2 is 1.81 bits per heavy atom. The van der Waals surface area contributed by atoms with Gasteiger partial charge in [-0.15, -0.1) is 0 Å². The number of fused-ring (bicyclic) bond motifs is 1. The summed E-state index contributed by atoms with van der Waals surface area (Å²) in [5.74, 6) is 0. The lowest BCUT2D eigenvalue weighted by molar-refractivity contribution is 1.26. The average Bonchev–Trinajstić information content (AvgIpc) is 2.17. The average molecular weight is 230 g/mol. The predicted octanol–water partition coefficient (Wildman–Crippen LogP) is 3.79. The van der Waals surface area contributed by atoms with Gasteiger partial charge in [0.2, 0.25) is 0 Å². The summed E-state index contributed by atoms with van der Waals surface area (Å²) in [6.45, 7) is 8.91. The minimum atomic E-state index is -1.32. The molecule has 0 unspecified atom stereocenters. The fraction of sp³-hybridized carbons (Fsp3) is 0.308. The Balaban J connectivity index is 2.56. The lowest BCUT2D eigenvalue weighted by Crippen LogP contribution is -2.32. The molecular weight excluding hydrogens is 212 g/mol. The van der Waals surface area contributed by atoms with Crippen molar-refractivity contribution >= 4 is 24.8 Å². The van der Waals surface area contributed by atoms with Gasteiger partial charge in [-0.3, -0.25) is 4.98 Å². The molecule has 3 heteroatoms. The van der Waals surface area contributed by atoms with E-state index in [4.69, 9.17) is 0 Å². The van der Waals surface area contributed by atoms with Crippen LogP contribution in [-0.2, 0) is 0 Å². The maximum Gasteiger partial charge on any atom is 0.144 e. The molecule has 1 aromatic carbocycles. The number of aromatic nitrogens is 1. The van der Waals surface area contributed by atoms with E-state index < -0.39 is 8.24 Å². The number of hydrogen-bond donors (Lipinski definition) is 1. The topological polar surface area (TPSA) is 24.9 Å². The number of para-hydroxylation sites is 1. The molecule has 2 aromatic rings. The van der Waals surface area contributed by atoms with Crippen LogP contribution in [0.5, 0.6) is 0 Å². The van der Waals surface area contributed by atoms with Crippen LogP contribution >= 0.6 is 0 Å². The first-order chi connectivity index (χ1) is 7.46. The van der Waals surface area contributed by atoms with Crippen LogP contribution in [0.4, 0.5) is 5.69 Å². The Labute approximate surface area is 97.8 Å². The summed E-state index contributed by atoms with van der Waals surface area (Å²) < 4.78 is 0. The number of hydrogen-bond acceptors (Lipinski definition) is 2. The van der Waals surface area contributed by atoms with E-state index >= 15 is 0 Å². The smallest absolute Gasteiger partial charge is 0.144 e. The van der Waals surface area contributed by atoms with Crippen LogP contribution < -0.4 is 4.98 Å². The van der Waals surface area contributed by atoms with E-state index in [0.717, 1.165) is 11.2 Å². The van der Waals surface area contributed by atoms with Crippen molar-refractivity contribution in [1.29, 1.82) is 0 Å². The summed E-state index contributed by atoms with van der Waals surface area (Å²) in [5.41, 5.74) is 3.32. The molecule has 1 heterocycles. The number of benzene rings is 1. The second kappa shape index (κ2) is 3.90. The maximum atomic E-state index is 4.62. The molecule has 0 atom stereocenters. The molecule has 2 nitrogen and oxygen atoms in total. The first kappa shape index (κ1) is 11.1. The molecule has 0 amide bonds. The summed E-state index contributed by atoms with van der Waals surface area (Å²) in [7, 11) is -1.32. The molecule has 1 N–H and O–H groups in total. The predicted molar refractivity (Wildman–Crippen MR) is 73.4 cm³/mol. The first-order valence-corrected chi connectivity index (χ1v) is 9.10. The van der Waals surface area contributed by atoms with Gasteiger partial charge in [-0.05, 0) is 19.1 Å². The Hall–Kier alpha value is -1.35. The molecule has 0 aliphatic rings. The van der Waals surface area contributed by atoms with E-state index in [-0.39, 0.29) is 0 Å². The second-order valence-corrected chi connectivity index (χ2v) is 9.95. The molecular formula is C13H18N2Si. The Kier molecular flexibility index (Phi) is 2.72. The number of pyridine rings is 1. The summed E-state index contributed by atoms with van der Waals surface area (Å²) in [4.78, 5) is 8.25. The number of rotatable bonds is 2. The molecule has 1 aromatic heterocycles. The zero-order valence-electron chi connectivity index (χ0n) is 10.3. The van der Waals surface area contributed by atoms with E-state index in [1.54, 1.807) is 0 Å². The lowest BCUT2D eigenvalue weighted by atomic mass is 10.2. The van der Waals surface area contributed by atoms with E-state index in [0.29, 0.717) is 0 Å². The molecule has 0 fully saturated rings. The molecule has 0 saturated carbocycles. The Morgan fingerprint density at radius 1 is 1.06 bits per heavy atom. The van der Waals surface area contributed by atoms with Gasteiger partial charge in [0.15, 0.2) is 0 Å². The van der Waals surface area contributed by atoms with E-state index in [1.165, 1.54) is 11.1 Å². The maximum absolute atomic E-state index is 4.62. The van der Waals surface area contributed by atoms with E-state index in [2.05, 4.69) is 59.9 Å². The number of anilines is 1. The summed E-state index contributed by atoms with van der Waals surface area (Å²) >= 11 is 0. The fourth-order valence-electron chi connectivity index (χ4n) is 1.75. The third-order valence-corrected chi connectivity index (χ3v) is 3.39. The third-order valence-electron chi connectivity index (χ3n) is 2.37. The van der Waals surface area contributed by atoms with Crippen molar-refractivity contribution in [3.63, 3.8) is 0 Å². The Morgan fingerprint density at radius 3 is 2.50 bits per heavy atom. The van der Waals surface area contributed by atoms with Gasteiger partial charge in [-0.2, -0.15) is 0 Å². The van der Waals surface area contributed by atoms with Crippen molar-refractivity contribution in [1.82, 2.24) is 4.98 Å². The fourth-order valence-corrected chi connectivity index (χ4v) is 2.76. The van der Waals surface area contributed by atoms with Crippen LogP contribution in [0.15, 0.2) is 30.3 Å². The standard InChI is InChI=1S/C13H18N2Si/c1-10-8-9-11-6-5-7-12(13(11)14-10)15-16(2,3)4/h5-9,15H,1-4H3. The monoisotopic (exact) mass is 230 g/mol. The molecule has 2 rings (SSSR count). The third kappa shape index (κ3) is 2.42. The molecule has 84 valence electrons. The largest absolute Gasteiger partial charge is 0.409 e. The quantitative estimate of drug-likeness (QED) is 0.794. The van der Waals surface area contributed by atoms with Crippen molar-refractivity contribution in [2.75, 3.05) is 4.98 Å². The van der Waals surface area contributed by atoms with Crippen LogP contribution in [0, 0.1) is 6.92 Å². The van der Waals surface area contributed by atoms with Crippen LogP contribution in [0.3, 0.4) is 0 Å². The molecule has 0 saturated heterocycles. The number of nitrogens with zero attached hydrogens (tertiary/aromatic N) is 1. The molecule has 0 spiro atoms. The van der Waals surface area contributed by atoms with Crippen LogP contribution in [0.1, 0.15) is 5.69 Å². The number of aryl methyl sites for hydroxylation is 1. The molecule has 0 bridgehead atoms. The van der Waals surface area contributed by atoms with Crippen molar-refractivity contribution < 1.29 is 0 Å². The molecule has 0 aliphatic heterocycles. The van der Waals surface area contributed by atoms with E-state index in [1.807, 2.05) is 6.92 Å². The van der Waals surface area contributed by atoms with Crippen molar-refractivity contribution in [2.24, 2.45) is 0 Å². The van der Waals surface area contributed by atoms with Gasteiger partial charge in [0.25, 0.3) is 0 Å². The highest BCUT2D eigenvalue weighted by Crippen LogP contribution is 2.23. The molecule has 16 heavy (non-hydrogen) atoms. The molecule has 0 aliphatic carbocycles. The van der Waals surface area contributed by atoms with Crippen LogP contribution in [0.25, 0.3) is 10.9 Å². The minimum absolute atomic E-state index is 1.07. The van der Waals surface area contributed by atoms with Crippen LogP contribution in [0.2, 0.25) is 19.6 Å².